The van der Waals surface area contributed by atoms with E-state index in [0.29, 0.717) is 19.8 Å². The van der Waals surface area contributed by atoms with E-state index in [1.165, 1.54) is 24.1 Å². The van der Waals surface area contributed by atoms with E-state index >= 15 is 0 Å². The smallest absolute Gasteiger partial charge is 0.238 e. The summed E-state index contributed by atoms with van der Waals surface area (Å²) in [6.07, 6.45) is 4.67. The molecular weight excluding hydrogens is 378 g/mol. The van der Waals surface area contributed by atoms with Gasteiger partial charge in [-0.3, -0.25) is 9.69 Å². The first kappa shape index (κ1) is 19.2. The maximum absolute atomic E-state index is 12.7. The minimum atomic E-state index is 0.0355. The normalized spacial score (nSPS) is 21.1. The maximum Gasteiger partial charge on any atom is 0.238 e. The first-order chi connectivity index (χ1) is 14.8. The van der Waals surface area contributed by atoms with Gasteiger partial charge in [0.25, 0.3) is 0 Å². The fourth-order valence-electron chi connectivity index (χ4n) is 4.78. The van der Waals surface area contributed by atoms with Gasteiger partial charge in [0.15, 0.2) is 11.5 Å². The van der Waals surface area contributed by atoms with E-state index in [1.54, 1.807) is 0 Å². The Kier molecular flexibility index (Phi) is 5.49. The molecule has 3 heterocycles. The molecule has 158 valence electrons. The highest BCUT2D eigenvalue weighted by atomic mass is 16.6. The van der Waals surface area contributed by atoms with Crippen molar-refractivity contribution in [3.8, 4) is 11.5 Å². The minimum Gasteiger partial charge on any atom is -0.486 e. The predicted octanol–water partition coefficient (Wildman–Crippen LogP) is 3.83. The third kappa shape index (κ3) is 4.10. The van der Waals surface area contributed by atoms with Crippen LogP contribution in [0.2, 0.25) is 0 Å². The van der Waals surface area contributed by atoms with Gasteiger partial charge in [-0.15, -0.1) is 0 Å². The second kappa shape index (κ2) is 8.56. The van der Waals surface area contributed by atoms with Crippen molar-refractivity contribution in [1.29, 1.82) is 0 Å². The number of fused-ring (bicyclic) bond motifs is 1. The number of ether oxygens (including phenoxy) is 2. The van der Waals surface area contributed by atoms with Crippen LogP contribution < -0.4 is 19.7 Å². The lowest BCUT2D eigenvalue weighted by molar-refractivity contribution is -0.117. The van der Waals surface area contributed by atoms with Gasteiger partial charge in [-0.1, -0.05) is 6.07 Å². The summed E-state index contributed by atoms with van der Waals surface area (Å²) in [4.78, 5) is 17.4. The second-order valence-electron chi connectivity index (χ2n) is 8.32. The number of carbonyl (C=O) groups is 1. The molecule has 2 aromatic rings. The highest BCUT2D eigenvalue weighted by Crippen LogP contribution is 2.38. The molecule has 2 saturated heterocycles. The van der Waals surface area contributed by atoms with Crippen LogP contribution in [0.15, 0.2) is 42.5 Å². The lowest BCUT2D eigenvalue weighted by Gasteiger charge is -2.26. The lowest BCUT2D eigenvalue weighted by atomic mass is 10.0. The molecular formula is C24H29N3O3. The van der Waals surface area contributed by atoms with E-state index < -0.39 is 0 Å². The molecule has 3 aliphatic heterocycles. The van der Waals surface area contributed by atoms with Gasteiger partial charge in [0.05, 0.1) is 6.54 Å². The molecule has 1 atom stereocenters. The van der Waals surface area contributed by atoms with Crippen LogP contribution in [-0.2, 0) is 4.79 Å². The quantitative estimate of drug-likeness (QED) is 0.816. The number of anilines is 2. The summed E-state index contributed by atoms with van der Waals surface area (Å²) in [5.41, 5.74) is 3.29. The SMILES string of the molecule is O=C(CN1CCC[C@H]1c1ccc2c(c1)OCCO2)Nc1ccc(N2CCCC2)cc1. The summed E-state index contributed by atoms with van der Waals surface area (Å²) in [7, 11) is 0. The highest BCUT2D eigenvalue weighted by molar-refractivity contribution is 5.92. The molecule has 2 aromatic carbocycles. The third-order valence-electron chi connectivity index (χ3n) is 6.28. The van der Waals surface area contributed by atoms with Crippen molar-refractivity contribution in [2.75, 3.05) is 49.6 Å². The average molecular weight is 408 g/mol. The number of hydrogen-bond acceptors (Lipinski definition) is 5. The van der Waals surface area contributed by atoms with Crippen LogP contribution >= 0.6 is 0 Å². The number of benzene rings is 2. The molecule has 6 nitrogen and oxygen atoms in total. The predicted molar refractivity (Wildman–Crippen MR) is 117 cm³/mol. The van der Waals surface area contributed by atoms with Crippen molar-refractivity contribution in [1.82, 2.24) is 4.90 Å². The molecule has 1 amide bonds. The van der Waals surface area contributed by atoms with E-state index in [4.69, 9.17) is 9.47 Å². The molecule has 3 aliphatic rings. The van der Waals surface area contributed by atoms with Gasteiger partial charge >= 0.3 is 0 Å². The van der Waals surface area contributed by atoms with E-state index in [0.717, 1.165) is 49.7 Å². The van der Waals surface area contributed by atoms with Crippen molar-refractivity contribution >= 4 is 17.3 Å². The Bertz CT molecular complexity index is 893. The summed E-state index contributed by atoms with van der Waals surface area (Å²) in [6, 6.07) is 14.6. The molecule has 1 N–H and O–H groups in total. The van der Waals surface area contributed by atoms with E-state index in [9.17, 15) is 4.79 Å². The number of likely N-dealkylation sites (tertiary alicyclic amines) is 1. The molecule has 0 bridgehead atoms. The Balaban J connectivity index is 1.21. The summed E-state index contributed by atoms with van der Waals surface area (Å²) in [6.45, 7) is 4.77. The zero-order chi connectivity index (χ0) is 20.3. The van der Waals surface area contributed by atoms with Gasteiger partial charge in [0.1, 0.15) is 13.2 Å². The van der Waals surface area contributed by atoms with E-state index in [2.05, 4.69) is 39.4 Å². The zero-order valence-corrected chi connectivity index (χ0v) is 17.3. The van der Waals surface area contributed by atoms with Crippen LogP contribution in [0.25, 0.3) is 0 Å². The minimum absolute atomic E-state index is 0.0355. The fraction of sp³-hybridized carbons (Fsp3) is 0.458. The number of amides is 1. The zero-order valence-electron chi connectivity index (χ0n) is 17.3. The van der Waals surface area contributed by atoms with E-state index in [1.807, 2.05) is 18.2 Å². The van der Waals surface area contributed by atoms with Crippen molar-refractivity contribution < 1.29 is 14.3 Å². The second-order valence-corrected chi connectivity index (χ2v) is 8.32. The number of rotatable bonds is 5. The van der Waals surface area contributed by atoms with Crippen LogP contribution in [0, 0.1) is 0 Å². The van der Waals surface area contributed by atoms with Crippen LogP contribution in [0.5, 0.6) is 11.5 Å². The van der Waals surface area contributed by atoms with Crippen molar-refractivity contribution in [2.24, 2.45) is 0 Å². The Labute approximate surface area is 177 Å². The summed E-state index contributed by atoms with van der Waals surface area (Å²) >= 11 is 0. The van der Waals surface area contributed by atoms with Crippen LogP contribution in [0.1, 0.15) is 37.3 Å². The van der Waals surface area contributed by atoms with E-state index in [-0.39, 0.29) is 11.9 Å². The molecule has 0 radical (unpaired) electrons. The molecule has 0 saturated carbocycles. The Morgan fingerprint density at radius 2 is 1.70 bits per heavy atom. The molecule has 2 fully saturated rings. The summed E-state index contributed by atoms with van der Waals surface area (Å²) in [5, 5.41) is 3.06. The molecule has 30 heavy (non-hydrogen) atoms. The third-order valence-corrected chi connectivity index (χ3v) is 6.28. The van der Waals surface area contributed by atoms with Gasteiger partial charge in [0.2, 0.25) is 5.91 Å². The summed E-state index contributed by atoms with van der Waals surface area (Å²) in [5.74, 6) is 1.66. The Hall–Kier alpha value is -2.73. The molecule has 0 unspecified atom stereocenters. The molecule has 0 aromatic heterocycles. The van der Waals surface area contributed by atoms with Crippen LogP contribution in [0.3, 0.4) is 0 Å². The molecule has 5 rings (SSSR count). The van der Waals surface area contributed by atoms with Crippen LogP contribution in [0.4, 0.5) is 11.4 Å². The Morgan fingerprint density at radius 1 is 0.933 bits per heavy atom. The topological polar surface area (TPSA) is 54.0 Å². The van der Waals surface area contributed by atoms with Crippen LogP contribution in [-0.4, -0.2) is 50.2 Å². The largest absolute Gasteiger partial charge is 0.486 e. The van der Waals surface area contributed by atoms with Gasteiger partial charge in [0, 0.05) is 30.5 Å². The van der Waals surface area contributed by atoms with Gasteiger partial charge in [-0.25, -0.2) is 0 Å². The van der Waals surface area contributed by atoms with Crippen molar-refractivity contribution in [3.05, 3.63) is 48.0 Å². The number of nitrogens with zero attached hydrogens (tertiary/aromatic N) is 2. The van der Waals surface area contributed by atoms with Gasteiger partial charge < -0.3 is 19.7 Å². The number of nitrogens with one attached hydrogen (secondary N) is 1. The fourth-order valence-corrected chi connectivity index (χ4v) is 4.78. The lowest BCUT2D eigenvalue weighted by Crippen LogP contribution is -2.33. The Morgan fingerprint density at radius 3 is 2.50 bits per heavy atom. The average Bonchev–Trinajstić information content (AvgIpc) is 3.46. The number of hydrogen-bond donors (Lipinski definition) is 1. The maximum atomic E-state index is 12.7. The molecule has 0 spiro atoms. The monoisotopic (exact) mass is 407 g/mol. The first-order valence-corrected chi connectivity index (χ1v) is 11.0. The molecule has 0 aliphatic carbocycles. The summed E-state index contributed by atoms with van der Waals surface area (Å²) < 4.78 is 11.4. The molecule has 6 heteroatoms. The highest BCUT2D eigenvalue weighted by Gasteiger charge is 2.28. The van der Waals surface area contributed by atoms with Gasteiger partial charge in [-0.05, 0) is 74.2 Å². The first-order valence-electron chi connectivity index (χ1n) is 11.0. The van der Waals surface area contributed by atoms with Crippen molar-refractivity contribution in [2.45, 2.75) is 31.7 Å². The van der Waals surface area contributed by atoms with Gasteiger partial charge in [-0.2, -0.15) is 0 Å². The van der Waals surface area contributed by atoms with Crippen molar-refractivity contribution in [3.63, 3.8) is 0 Å². The number of carbonyl (C=O) groups excluding carboxylic acids is 1. The standard InChI is InChI=1S/C24H29N3O3/c28-24(25-19-6-8-20(9-7-19)26-11-1-2-12-26)17-27-13-3-4-21(27)18-5-10-22-23(16-18)30-15-14-29-22/h5-10,16,21H,1-4,11-15,17H2,(H,25,28)/t21-/m0/s1.